The molecule has 3 aromatic rings. The van der Waals surface area contributed by atoms with Crippen LogP contribution in [0.1, 0.15) is 22.9 Å². The normalized spacial score (nSPS) is 22.2. The Morgan fingerprint density at radius 1 is 1.20 bits per heavy atom. The third kappa shape index (κ3) is 2.06. The number of fused-ring (bicyclic) bond motifs is 5. The minimum atomic E-state index is -0.715. The lowest BCUT2D eigenvalue weighted by Crippen LogP contribution is -2.43. The number of nitrogens with zero attached hydrogens (tertiary/aromatic N) is 5. The zero-order valence-electron chi connectivity index (χ0n) is 13.7. The van der Waals surface area contributed by atoms with Crippen LogP contribution in [0.2, 0.25) is 0 Å². The summed E-state index contributed by atoms with van der Waals surface area (Å²) in [7, 11) is 0. The first-order chi connectivity index (χ1) is 12.2. The summed E-state index contributed by atoms with van der Waals surface area (Å²) >= 11 is 3.62. The molecular formula is C18H16BrN5O. The molecule has 1 aromatic carbocycles. The number of hydrogen-bond donors (Lipinski definition) is 0. The van der Waals surface area contributed by atoms with E-state index in [-0.39, 0.29) is 0 Å². The fraction of sp³-hybridized carbons (Fsp3) is 0.278. The number of aromatic nitrogens is 4. The highest BCUT2D eigenvalue weighted by atomic mass is 79.9. The quantitative estimate of drug-likeness (QED) is 0.631. The molecule has 0 saturated carbocycles. The summed E-state index contributed by atoms with van der Waals surface area (Å²) in [6, 6.07) is 12.2. The van der Waals surface area contributed by atoms with Crippen LogP contribution < -0.4 is 0 Å². The number of benzene rings is 1. The standard InChI is InChI=1S/C18H16BrN5O/c1-12-21-22-17-11-23-8-9-25-18(23,16-4-2-3-7-20-16)14-10-13(19)5-6-15(14)24(12)17/h2-7,10H,8-9,11H2,1H3. The Kier molecular flexibility index (Phi) is 3.31. The van der Waals surface area contributed by atoms with E-state index >= 15 is 0 Å². The van der Waals surface area contributed by atoms with Gasteiger partial charge in [-0.3, -0.25) is 14.5 Å². The maximum Gasteiger partial charge on any atom is 0.193 e. The maximum atomic E-state index is 6.41. The van der Waals surface area contributed by atoms with Gasteiger partial charge in [-0.15, -0.1) is 10.2 Å². The molecule has 0 bridgehead atoms. The SMILES string of the molecule is Cc1nnc2n1-c1ccc(Br)cc1C1(c3ccccn3)OCCN1C2. The number of hydrogen-bond acceptors (Lipinski definition) is 5. The van der Waals surface area contributed by atoms with Crippen molar-refractivity contribution in [3.63, 3.8) is 0 Å². The van der Waals surface area contributed by atoms with Gasteiger partial charge in [0.25, 0.3) is 0 Å². The van der Waals surface area contributed by atoms with Crippen molar-refractivity contribution in [1.82, 2.24) is 24.6 Å². The van der Waals surface area contributed by atoms with Crippen molar-refractivity contribution in [2.24, 2.45) is 0 Å². The van der Waals surface area contributed by atoms with Crippen LogP contribution in [0.3, 0.4) is 0 Å². The largest absolute Gasteiger partial charge is 0.349 e. The molecule has 4 heterocycles. The molecular weight excluding hydrogens is 382 g/mol. The third-order valence-corrected chi connectivity index (χ3v) is 5.41. The van der Waals surface area contributed by atoms with Crippen molar-refractivity contribution in [1.29, 1.82) is 0 Å². The highest BCUT2D eigenvalue weighted by Crippen LogP contribution is 2.46. The Balaban J connectivity index is 1.87. The summed E-state index contributed by atoms with van der Waals surface area (Å²) in [6.45, 7) is 4.10. The molecule has 7 heteroatoms. The summed E-state index contributed by atoms with van der Waals surface area (Å²) in [4.78, 5) is 6.95. The van der Waals surface area contributed by atoms with Gasteiger partial charge >= 0.3 is 0 Å². The zero-order chi connectivity index (χ0) is 17.0. The molecule has 2 aliphatic rings. The van der Waals surface area contributed by atoms with Gasteiger partial charge in [-0.2, -0.15) is 0 Å². The Morgan fingerprint density at radius 3 is 2.96 bits per heavy atom. The van der Waals surface area contributed by atoms with E-state index in [1.165, 1.54) is 0 Å². The average molecular weight is 398 g/mol. The smallest absolute Gasteiger partial charge is 0.193 e. The first-order valence-corrected chi connectivity index (χ1v) is 9.01. The van der Waals surface area contributed by atoms with Crippen molar-refractivity contribution >= 4 is 15.9 Å². The van der Waals surface area contributed by atoms with Gasteiger partial charge in [0.05, 0.1) is 24.5 Å². The first kappa shape index (κ1) is 15.2. The molecule has 0 amide bonds. The molecule has 126 valence electrons. The number of halogens is 1. The van der Waals surface area contributed by atoms with Gasteiger partial charge in [0.2, 0.25) is 0 Å². The van der Waals surface area contributed by atoms with Gasteiger partial charge in [0.15, 0.2) is 11.5 Å². The molecule has 5 rings (SSSR count). The van der Waals surface area contributed by atoms with Crippen LogP contribution in [-0.2, 0) is 17.0 Å². The lowest BCUT2D eigenvalue weighted by Gasteiger charge is -2.36. The summed E-state index contributed by atoms with van der Waals surface area (Å²) in [5, 5.41) is 8.70. The highest BCUT2D eigenvalue weighted by molar-refractivity contribution is 9.10. The predicted molar refractivity (Wildman–Crippen MR) is 95.2 cm³/mol. The van der Waals surface area contributed by atoms with Crippen LogP contribution in [0, 0.1) is 6.92 Å². The molecule has 1 unspecified atom stereocenters. The van der Waals surface area contributed by atoms with Gasteiger partial charge in [0, 0.05) is 22.8 Å². The number of pyridine rings is 1. The minimum Gasteiger partial charge on any atom is -0.349 e. The van der Waals surface area contributed by atoms with E-state index in [4.69, 9.17) is 4.74 Å². The van der Waals surface area contributed by atoms with Crippen molar-refractivity contribution < 1.29 is 4.74 Å². The Hall–Kier alpha value is -2.09. The van der Waals surface area contributed by atoms with E-state index in [0.29, 0.717) is 13.2 Å². The number of aryl methyl sites for hydroxylation is 1. The molecule has 2 aliphatic heterocycles. The summed E-state index contributed by atoms with van der Waals surface area (Å²) in [6.07, 6.45) is 1.82. The molecule has 0 N–H and O–H groups in total. The molecule has 6 nitrogen and oxygen atoms in total. The van der Waals surface area contributed by atoms with Crippen molar-refractivity contribution in [3.8, 4) is 5.69 Å². The molecule has 25 heavy (non-hydrogen) atoms. The average Bonchev–Trinajstić information content (AvgIpc) is 3.18. The highest BCUT2D eigenvalue weighted by Gasteiger charge is 2.50. The predicted octanol–water partition coefficient (Wildman–Crippen LogP) is 2.78. The maximum absolute atomic E-state index is 6.41. The number of ether oxygens (including phenoxy) is 1. The molecule has 1 saturated heterocycles. The van der Waals surface area contributed by atoms with Gasteiger partial charge in [-0.25, -0.2) is 0 Å². The fourth-order valence-electron chi connectivity index (χ4n) is 3.90. The second kappa shape index (κ2) is 5.45. The lowest BCUT2D eigenvalue weighted by atomic mass is 9.95. The van der Waals surface area contributed by atoms with Crippen LogP contribution in [0.5, 0.6) is 0 Å². The minimum absolute atomic E-state index is 0.648. The molecule has 0 aliphatic carbocycles. The molecule has 1 fully saturated rings. The molecule has 1 atom stereocenters. The van der Waals surface area contributed by atoms with Crippen molar-refractivity contribution in [2.75, 3.05) is 13.2 Å². The van der Waals surface area contributed by atoms with Crippen LogP contribution in [0.4, 0.5) is 0 Å². The third-order valence-electron chi connectivity index (χ3n) is 4.92. The molecule has 0 spiro atoms. The van der Waals surface area contributed by atoms with Crippen LogP contribution >= 0.6 is 15.9 Å². The monoisotopic (exact) mass is 397 g/mol. The molecule has 2 aromatic heterocycles. The van der Waals surface area contributed by atoms with E-state index in [0.717, 1.165) is 39.6 Å². The summed E-state index contributed by atoms with van der Waals surface area (Å²) < 4.78 is 9.54. The summed E-state index contributed by atoms with van der Waals surface area (Å²) in [5.41, 5.74) is 2.27. The van der Waals surface area contributed by atoms with E-state index in [1.807, 2.05) is 37.4 Å². The molecule has 0 radical (unpaired) electrons. The Bertz CT molecular complexity index is 957. The van der Waals surface area contributed by atoms with Gasteiger partial charge < -0.3 is 4.74 Å². The second-order valence-electron chi connectivity index (χ2n) is 6.29. The van der Waals surface area contributed by atoms with E-state index in [9.17, 15) is 0 Å². The van der Waals surface area contributed by atoms with Crippen LogP contribution in [-0.4, -0.2) is 37.8 Å². The topological polar surface area (TPSA) is 56.1 Å². The summed E-state index contributed by atoms with van der Waals surface area (Å²) in [5.74, 6) is 1.79. The van der Waals surface area contributed by atoms with Gasteiger partial charge in [-0.1, -0.05) is 22.0 Å². The Morgan fingerprint density at radius 2 is 2.12 bits per heavy atom. The Labute approximate surface area is 153 Å². The first-order valence-electron chi connectivity index (χ1n) is 8.22. The van der Waals surface area contributed by atoms with Crippen molar-refractivity contribution in [3.05, 3.63) is 70.0 Å². The zero-order valence-corrected chi connectivity index (χ0v) is 15.3. The van der Waals surface area contributed by atoms with Crippen LogP contribution in [0.15, 0.2) is 47.1 Å². The second-order valence-corrected chi connectivity index (χ2v) is 7.21. The van der Waals surface area contributed by atoms with Gasteiger partial charge in [-0.05, 0) is 37.3 Å². The van der Waals surface area contributed by atoms with Crippen molar-refractivity contribution in [2.45, 2.75) is 19.2 Å². The van der Waals surface area contributed by atoms with E-state index in [2.05, 4.69) is 52.7 Å². The fourth-order valence-corrected chi connectivity index (χ4v) is 4.26. The van der Waals surface area contributed by atoms with E-state index < -0.39 is 5.72 Å². The van der Waals surface area contributed by atoms with E-state index in [1.54, 1.807) is 0 Å². The number of rotatable bonds is 1. The van der Waals surface area contributed by atoms with Crippen LogP contribution in [0.25, 0.3) is 5.69 Å². The lowest BCUT2D eigenvalue weighted by molar-refractivity contribution is -0.0586. The van der Waals surface area contributed by atoms with Gasteiger partial charge in [0.1, 0.15) is 5.82 Å².